The van der Waals surface area contributed by atoms with Gasteiger partial charge in [-0.15, -0.1) is 0 Å². The van der Waals surface area contributed by atoms with Crippen LogP contribution in [0.4, 0.5) is 11.6 Å². The molecule has 2 amide bonds. The molecular formula is C20H23N5O2. The minimum atomic E-state index is -0.196. The molecule has 1 aromatic carbocycles. The first-order chi connectivity index (χ1) is 13.1. The summed E-state index contributed by atoms with van der Waals surface area (Å²) in [7, 11) is 1.77. The molecule has 0 spiro atoms. The van der Waals surface area contributed by atoms with Gasteiger partial charge in [-0.2, -0.15) is 0 Å². The highest BCUT2D eigenvalue weighted by Crippen LogP contribution is 2.42. The number of anilines is 2. The fourth-order valence-electron chi connectivity index (χ4n) is 3.58. The molecule has 1 aliphatic carbocycles. The van der Waals surface area contributed by atoms with Crippen LogP contribution >= 0.6 is 0 Å². The number of hydrogen-bond acceptors (Lipinski definition) is 5. The van der Waals surface area contributed by atoms with Crippen molar-refractivity contribution >= 4 is 23.5 Å². The van der Waals surface area contributed by atoms with Crippen molar-refractivity contribution in [3.8, 4) is 0 Å². The maximum absolute atomic E-state index is 12.8. The summed E-state index contributed by atoms with van der Waals surface area (Å²) in [6.07, 6.45) is 4.10. The summed E-state index contributed by atoms with van der Waals surface area (Å²) >= 11 is 0. The van der Waals surface area contributed by atoms with E-state index in [0.717, 1.165) is 5.69 Å². The maximum atomic E-state index is 12.8. The highest BCUT2D eigenvalue weighted by molar-refractivity contribution is 6.00. The molecule has 4 rings (SSSR count). The largest absolute Gasteiger partial charge is 0.339 e. The molecular weight excluding hydrogens is 342 g/mol. The first-order valence-corrected chi connectivity index (χ1v) is 9.28. The third kappa shape index (κ3) is 3.63. The summed E-state index contributed by atoms with van der Waals surface area (Å²) in [5, 5.41) is 0. The number of para-hydroxylation sites is 1. The van der Waals surface area contributed by atoms with Gasteiger partial charge in [-0.05, 0) is 24.6 Å². The van der Waals surface area contributed by atoms with E-state index < -0.39 is 0 Å². The molecule has 140 valence electrons. The van der Waals surface area contributed by atoms with Crippen LogP contribution < -0.4 is 9.80 Å². The average molecular weight is 365 g/mol. The Hall–Kier alpha value is -2.96. The zero-order valence-corrected chi connectivity index (χ0v) is 15.4. The van der Waals surface area contributed by atoms with E-state index in [2.05, 4.69) is 14.9 Å². The normalized spacial score (nSPS) is 21.7. The molecule has 1 saturated heterocycles. The Morgan fingerprint density at radius 2 is 1.63 bits per heavy atom. The van der Waals surface area contributed by atoms with Gasteiger partial charge in [0.15, 0.2) is 0 Å². The molecule has 1 aromatic heterocycles. The summed E-state index contributed by atoms with van der Waals surface area (Å²) in [5.41, 5.74) is 0.858. The van der Waals surface area contributed by atoms with Crippen LogP contribution in [0.5, 0.6) is 0 Å². The van der Waals surface area contributed by atoms with Gasteiger partial charge in [0, 0.05) is 51.3 Å². The number of rotatable bonds is 4. The summed E-state index contributed by atoms with van der Waals surface area (Å²) in [6.45, 7) is 2.71. The predicted octanol–water partition coefficient (Wildman–Crippen LogP) is 1.42. The molecule has 1 saturated carbocycles. The second kappa shape index (κ2) is 7.34. The Kier molecular flexibility index (Phi) is 4.75. The monoisotopic (exact) mass is 365 g/mol. The molecule has 0 bridgehead atoms. The quantitative estimate of drug-likeness (QED) is 0.820. The van der Waals surface area contributed by atoms with Crippen molar-refractivity contribution in [2.24, 2.45) is 11.8 Å². The molecule has 2 heterocycles. The van der Waals surface area contributed by atoms with Crippen molar-refractivity contribution in [3.63, 3.8) is 0 Å². The first-order valence-electron chi connectivity index (χ1n) is 9.28. The lowest BCUT2D eigenvalue weighted by molar-refractivity contribution is -0.134. The molecule has 2 atom stereocenters. The maximum Gasteiger partial charge on any atom is 0.230 e. The number of aromatic nitrogens is 2. The SMILES string of the molecule is CN(C(=O)C1CC1C(=O)N1CCN(c2ncccn2)CC1)c1ccccc1. The molecule has 7 nitrogen and oxygen atoms in total. The number of hydrogen-bond donors (Lipinski definition) is 0. The fraction of sp³-hybridized carbons (Fsp3) is 0.400. The number of piperazine rings is 1. The molecule has 7 heteroatoms. The van der Waals surface area contributed by atoms with Gasteiger partial charge in [0.05, 0.1) is 11.8 Å². The minimum Gasteiger partial charge on any atom is -0.339 e. The predicted molar refractivity (Wildman–Crippen MR) is 102 cm³/mol. The van der Waals surface area contributed by atoms with E-state index in [0.29, 0.717) is 38.5 Å². The molecule has 27 heavy (non-hydrogen) atoms. The van der Waals surface area contributed by atoms with E-state index in [-0.39, 0.29) is 23.7 Å². The summed E-state index contributed by atoms with van der Waals surface area (Å²) in [4.78, 5) is 39.6. The number of carbonyl (C=O) groups excluding carboxylic acids is 2. The lowest BCUT2D eigenvalue weighted by Crippen LogP contribution is -2.50. The van der Waals surface area contributed by atoms with Crippen molar-refractivity contribution < 1.29 is 9.59 Å². The van der Waals surface area contributed by atoms with Gasteiger partial charge in [-0.3, -0.25) is 9.59 Å². The fourth-order valence-corrected chi connectivity index (χ4v) is 3.58. The van der Waals surface area contributed by atoms with Gasteiger partial charge < -0.3 is 14.7 Å². The van der Waals surface area contributed by atoms with Gasteiger partial charge in [-0.25, -0.2) is 9.97 Å². The van der Waals surface area contributed by atoms with Crippen LogP contribution in [-0.4, -0.2) is 59.9 Å². The standard InChI is InChI=1S/C20H23N5O2/c1-23(15-6-3-2-4-7-15)18(26)16-14-17(16)19(27)24-10-12-25(13-11-24)20-21-8-5-9-22-20/h2-9,16-17H,10-14H2,1H3. The summed E-state index contributed by atoms with van der Waals surface area (Å²) in [6, 6.07) is 11.3. The smallest absolute Gasteiger partial charge is 0.230 e. The lowest BCUT2D eigenvalue weighted by atomic mass is 10.2. The molecule has 2 aliphatic rings. The summed E-state index contributed by atoms with van der Waals surface area (Å²) in [5.74, 6) is 0.453. The van der Waals surface area contributed by atoms with Crippen LogP contribution in [0.3, 0.4) is 0 Å². The van der Waals surface area contributed by atoms with Crippen molar-refractivity contribution in [2.75, 3.05) is 43.0 Å². The van der Waals surface area contributed by atoms with E-state index >= 15 is 0 Å². The van der Waals surface area contributed by atoms with Gasteiger partial charge in [0.25, 0.3) is 0 Å². The summed E-state index contributed by atoms with van der Waals surface area (Å²) < 4.78 is 0. The molecule has 0 radical (unpaired) electrons. The van der Waals surface area contributed by atoms with E-state index in [1.165, 1.54) is 0 Å². The van der Waals surface area contributed by atoms with Crippen LogP contribution in [0.15, 0.2) is 48.8 Å². The van der Waals surface area contributed by atoms with Crippen LogP contribution in [-0.2, 0) is 9.59 Å². The molecule has 2 aromatic rings. The number of amides is 2. The second-order valence-corrected chi connectivity index (χ2v) is 7.04. The highest BCUT2D eigenvalue weighted by Gasteiger charge is 2.50. The van der Waals surface area contributed by atoms with Crippen LogP contribution in [0, 0.1) is 11.8 Å². The molecule has 2 unspecified atom stereocenters. The molecule has 2 fully saturated rings. The van der Waals surface area contributed by atoms with Crippen molar-refractivity contribution in [3.05, 3.63) is 48.8 Å². The van der Waals surface area contributed by atoms with Crippen molar-refractivity contribution in [1.29, 1.82) is 0 Å². The Morgan fingerprint density at radius 3 is 2.30 bits per heavy atom. The zero-order valence-electron chi connectivity index (χ0n) is 15.4. The second-order valence-electron chi connectivity index (χ2n) is 7.04. The first kappa shape index (κ1) is 17.5. The Morgan fingerprint density at radius 1 is 0.963 bits per heavy atom. The van der Waals surface area contributed by atoms with Crippen molar-refractivity contribution in [2.45, 2.75) is 6.42 Å². The third-order valence-electron chi connectivity index (χ3n) is 5.33. The van der Waals surface area contributed by atoms with Gasteiger partial charge in [0.1, 0.15) is 0 Å². The van der Waals surface area contributed by atoms with E-state index in [1.807, 2.05) is 35.2 Å². The zero-order chi connectivity index (χ0) is 18.8. The third-order valence-corrected chi connectivity index (χ3v) is 5.33. The van der Waals surface area contributed by atoms with Crippen molar-refractivity contribution in [1.82, 2.24) is 14.9 Å². The number of nitrogens with zero attached hydrogens (tertiary/aromatic N) is 5. The van der Waals surface area contributed by atoms with E-state index in [4.69, 9.17) is 0 Å². The van der Waals surface area contributed by atoms with Crippen LogP contribution in [0.25, 0.3) is 0 Å². The Labute approximate surface area is 158 Å². The van der Waals surface area contributed by atoms with Crippen LogP contribution in [0.1, 0.15) is 6.42 Å². The van der Waals surface area contributed by atoms with Gasteiger partial charge in [0.2, 0.25) is 17.8 Å². The highest BCUT2D eigenvalue weighted by atomic mass is 16.2. The van der Waals surface area contributed by atoms with Crippen LogP contribution in [0.2, 0.25) is 0 Å². The van der Waals surface area contributed by atoms with E-state index in [1.54, 1.807) is 30.4 Å². The number of carbonyl (C=O) groups is 2. The minimum absolute atomic E-state index is 0.0240. The molecule has 1 aliphatic heterocycles. The molecule has 0 N–H and O–H groups in total. The van der Waals surface area contributed by atoms with E-state index in [9.17, 15) is 9.59 Å². The van der Waals surface area contributed by atoms with Gasteiger partial charge in [-0.1, -0.05) is 18.2 Å². The topological polar surface area (TPSA) is 69.6 Å². The van der Waals surface area contributed by atoms with Gasteiger partial charge >= 0.3 is 0 Å². The Balaban J connectivity index is 1.31. The number of benzene rings is 1. The average Bonchev–Trinajstić information content (AvgIpc) is 3.54. The Bertz CT molecular complexity index is 806. The lowest BCUT2D eigenvalue weighted by Gasteiger charge is -2.34.